The molecular formula is C9H18NOSi. The van der Waals surface area contributed by atoms with Crippen LogP contribution in [0.4, 0.5) is 4.79 Å². The normalized spacial score (nSPS) is 19.6. The van der Waals surface area contributed by atoms with Gasteiger partial charge < -0.3 is 5.32 Å². The van der Waals surface area contributed by atoms with E-state index in [2.05, 4.69) is 5.32 Å². The summed E-state index contributed by atoms with van der Waals surface area (Å²) < 4.78 is 0. The quantitative estimate of drug-likeness (QED) is 0.656. The van der Waals surface area contributed by atoms with E-state index in [1.807, 2.05) is 13.1 Å². The average molecular weight is 184 g/mol. The summed E-state index contributed by atoms with van der Waals surface area (Å²) in [4.78, 5) is 11.3. The van der Waals surface area contributed by atoms with Gasteiger partial charge in [0.05, 0.1) is 0 Å². The first kappa shape index (κ1) is 9.77. The zero-order valence-corrected chi connectivity index (χ0v) is 9.02. The first-order chi connectivity index (χ1) is 5.70. The van der Waals surface area contributed by atoms with Crippen LogP contribution in [0.5, 0.6) is 0 Å². The Morgan fingerprint density at radius 2 is 1.83 bits per heavy atom. The third-order valence-electron chi connectivity index (χ3n) is 2.39. The molecule has 0 aromatic heterocycles. The van der Waals surface area contributed by atoms with Crippen LogP contribution in [0.1, 0.15) is 32.1 Å². The fourth-order valence-electron chi connectivity index (χ4n) is 1.58. The third kappa shape index (κ3) is 2.97. The Hall–Kier alpha value is -0.313. The van der Waals surface area contributed by atoms with E-state index in [1.54, 1.807) is 0 Å². The highest BCUT2D eigenvalue weighted by Gasteiger charge is 2.17. The van der Waals surface area contributed by atoms with E-state index >= 15 is 0 Å². The average Bonchev–Trinajstić information content (AvgIpc) is 2.06. The van der Waals surface area contributed by atoms with Gasteiger partial charge in [0.25, 0.3) is 0 Å². The molecule has 2 nitrogen and oxygen atoms in total. The Morgan fingerprint density at radius 3 is 2.33 bits per heavy atom. The highest BCUT2D eigenvalue weighted by Crippen LogP contribution is 2.17. The van der Waals surface area contributed by atoms with Gasteiger partial charge in [0, 0.05) is 6.04 Å². The van der Waals surface area contributed by atoms with Crippen molar-refractivity contribution in [1.29, 1.82) is 0 Å². The number of hydrogen-bond donors (Lipinski definition) is 1. The molecule has 1 N–H and O–H groups in total. The van der Waals surface area contributed by atoms with E-state index in [0.717, 1.165) is 0 Å². The predicted molar refractivity (Wildman–Crippen MR) is 52.9 cm³/mol. The molecule has 0 atom stereocenters. The van der Waals surface area contributed by atoms with E-state index in [4.69, 9.17) is 0 Å². The van der Waals surface area contributed by atoms with Crippen molar-refractivity contribution >= 4 is 14.3 Å². The molecule has 12 heavy (non-hydrogen) atoms. The zero-order valence-electron chi connectivity index (χ0n) is 8.02. The van der Waals surface area contributed by atoms with Crippen LogP contribution in [-0.2, 0) is 0 Å². The van der Waals surface area contributed by atoms with E-state index in [9.17, 15) is 4.79 Å². The van der Waals surface area contributed by atoms with Gasteiger partial charge in [0.2, 0.25) is 0 Å². The first-order valence-electron chi connectivity index (χ1n) is 4.81. The van der Waals surface area contributed by atoms with Crippen LogP contribution in [0.3, 0.4) is 0 Å². The second-order valence-electron chi connectivity index (χ2n) is 3.81. The van der Waals surface area contributed by atoms with Crippen LogP contribution in [0.25, 0.3) is 0 Å². The summed E-state index contributed by atoms with van der Waals surface area (Å²) in [5.41, 5.74) is 0.312. The van der Waals surface area contributed by atoms with Crippen LogP contribution in [0.2, 0.25) is 13.1 Å². The minimum absolute atomic E-state index is 0.312. The van der Waals surface area contributed by atoms with Crippen LogP contribution in [0, 0.1) is 0 Å². The van der Waals surface area contributed by atoms with Gasteiger partial charge in [0.15, 0.2) is 14.3 Å². The van der Waals surface area contributed by atoms with E-state index < -0.39 is 8.80 Å². The van der Waals surface area contributed by atoms with Crippen molar-refractivity contribution in [3.05, 3.63) is 0 Å². The van der Waals surface area contributed by atoms with Gasteiger partial charge in [-0.15, -0.1) is 0 Å². The molecule has 3 heteroatoms. The Kier molecular flexibility index (Phi) is 3.79. The molecule has 0 unspecified atom stereocenters. The maximum absolute atomic E-state index is 11.3. The van der Waals surface area contributed by atoms with Gasteiger partial charge in [-0.1, -0.05) is 32.4 Å². The second kappa shape index (κ2) is 4.65. The van der Waals surface area contributed by atoms with E-state index in [-0.39, 0.29) is 0 Å². The predicted octanol–water partition coefficient (Wildman–Crippen LogP) is 2.36. The Morgan fingerprint density at radius 1 is 1.25 bits per heavy atom. The molecule has 0 bridgehead atoms. The van der Waals surface area contributed by atoms with Crippen LogP contribution in [-0.4, -0.2) is 20.4 Å². The summed E-state index contributed by atoms with van der Waals surface area (Å²) in [5, 5.41) is 3.12. The molecule has 1 aliphatic rings. The van der Waals surface area contributed by atoms with E-state index in [1.165, 1.54) is 32.1 Å². The van der Waals surface area contributed by atoms with Crippen molar-refractivity contribution in [3.8, 4) is 0 Å². The minimum Gasteiger partial charge on any atom is -0.358 e. The Labute approximate surface area is 76.3 Å². The SMILES string of the molecule is C[Si](C)C(=O)NC1CCCCC1. The van der Waals surface area contributed by atoms with Crippen molar-refractivity contribution in [2.24, 2.45) is 0 Å². The molecule has 0 saturated heterocycles. The lowest BCUT2D eigenvalue weighted by molar-refractivity contribution is 0.251. The monoisotopic (exact) mass is 184 g/mol. The standard InChI is InChI=1S/C9H18NOSi/c1-12(2)9(11)10-8-6-4-3-5-7-8/h8H,3-7H2,1-2H3,(H,10,11). The Bertz CT molecular complexity index is 153. The van der Waals surface area contributed by atoms with Gasteiger partial charge in [0.1, 0.15) is 0 Å². The highest BCUT2D eigenvalue weighted by atomic mass is 28.3. The minimum atomic E-state index is -0.761. The first-order valence-corrected chi connectivity index (χ1v) is 7.31. The van der Waals surface area contributed by atoms with Gasteiger partial charge in [-0.2, -0.15) is 0 Å². The smallest absolute Gasteiger partial charge is 0.190 e. The van der Waals surface area contributed by atoms with Gasteiger partial charge >= 0.3 is 0 Å². The topological polar surface area (TPSA) is 29.1 Å². The lowest BCUT2D eigenvalue weighted by atomic mass is 9.96. The van der Waals surface area contributed by atoms with Crippen molar-refractivity contribution in [2.75, 3.05) is 0 Å². The number of hydrogen-bond acceptors (Lipinski definition) is 1. The number of rotatable bonds is 2. The van der Waals surface area contributed by atoms with E-state index in [0.29, 0.717) is 11.6 Å². The molecule has 1 fully saturated rings. The molecule has 1 radical (unpaired) electrons. The summed E-state index contributed by atoms with van der Waals surface area (Å²) in [6.07, 6.45) is 6.32. The second-order valence-corrected chi connectivity index (χ2v) is 6.26. The molecule has 1 saturated carbocycles. The van der Waals surface area contributed by atoms with Gasteiger partial charge in [-0.25, -0.2) is 0 Å². The molecule has 1 amide bonds. The zero-order chi connectivity index (χ0) is 8.97. The maximum Gasteiger partial charge on any atom is 0.190 e. The number of carbonyl (C=O) groups is 1. The molecule has 69 valence electrons. The van der Waals surface area contributed by atoms with Crippen LogP contribution < -0.4 is 5.32 Å². The summed E-state index contributed by atoms with van der Waals surface area (Å²) in [5.74, 6) is 0. The van der Waals surface area contributed by atoms with Crippen molar-refractivity contribution in [3.63, 3.8) is 0 Å². The van der Waals surface area contributed by atoms with Crippen molar-refractivity contribution in [2.45, 2.75) is 51.2 Å². The molecule has 0 spiro atoms. The maximum atomic E-state index is 11.3. The van der Waals surface area contributed by atoms with Crippen molar-refractivity contribution in [1.82, 2.24) is 5.32 Å². The third-order valence-corrected chi connectivity index (χ3v) is 3.45. The number of amides is 1. The fourth-order valence-corrected chi connectivity index (χ4v) is 2.07. The van der Waals surface area contributed by atoms with Gasteiger partial charge in [-0.3, -0.25) is 4.79 Å². The summed E-state index contributed by atoms with van der Waals surface area (Å²) in [7, 11) is -0.761. The molecule has 0 aromatic rings. The van der Waals surface area contributed by atoms with Crippen LogP contribution >= 0.6 is 0 Å². The number of nitrogens with one attached hydrogen (secondary N) is 1. The summed E-state index contributed by atoms with van der Waals surface area (Å²) >= 11 is 0. The Balaban J connectivity index is 2.24. The lowest BCUT2D eigenvalue weighted by Crippen LogP contribution is -2.41. The molecule has 1 rings (SSSR count). The van der Waals surface area contributed by atoms with Gasteiger partial charge in [-0.05, 0) is 12.8 Å². The number of carbonyl (C=O) groups excluding carboxylic acids is 1. The molecule has 0 aliphatic heterocycles. The fraction of sp³-hybridized carbons (Fsp3) is 0.889. The highest BCUT2D eigenvalue weighted by molar-refractivity contribution is 6.87. The molecular weight excluding hydrogens is 166 g/mol. The largest absolute Gasteiger partial charge is 0.358 e. The summed E-state index contributed by atoms with van der Waals surface area (Å²) in [6.45, 7) is 4.09. The molecule has 0 heterocycles. The van der Waals surface area contributed by atoms with Crippen LogP contribution in [0.15, 0.2) is 0 Å². The summed E-state index contributed by atoms with van der Waals surface area (Å²) in [6, 6.07) is 0.492. The van der Waals surface area contributed by atoms with Crippen molar-refractivity contribution < 1.29 is 4.79 Å². The molecule has 0 aromatic carbocycles. The molecule has 1 aliphatic carbocycles. The lowest BCUT2D eigenvalue weighted by Gasteiger charge is -2.23.